The third-order valence-corrected chi connectivity index (χ3v) is 3.96. The SMILES string of the molecule is CC(NC(=O)Nc1cc2[nH]nc(OCCOC(F)(F)F)c2cn1)c1ccc(F)cc1. The summed E-state index contributed by atoms with van der Waals surface area (Å²) in [5.74, 6) is -0.102. The molecule has 3 rings (SSSR count). The molecule has 0 aliphatic heterocycles. The molecule has 3 aromatic rings. The molecule has 30 heavy (non-hydrogen) atoms. The molecule has 2 amide bonds. The molecule has 0 bridgehead atoms. The van der Waals surface area contributed by atoms with E-state index in [2.05, 4.69) is 30.6 Å². The van der Waals surface area contributed by atoms with Crippen molar-refractivity contribution in [2.75, 3.05) is 18.5 Å². The molecule has 2 aromatic heterocycles. The second kappa shape index (κ2) is 8.95. The molecule has 1 unspecified atom stereocenters. The molecule has 1 atom stereocenters. The van der Waals surface area contributed by atoms with Crippen LogP contribution in [-0.2, 0) is 4.74 Å². The van der Waals surface area contributed by atoms with E-state index in [4.69, 9.17) is 4.74 Å². The summed E-state index contributed by atoms with van der Waals surface area (Å²) in [4.78, 5) is 16.2. The van der Waals surface area contributed by atoms with Crippen molar-refractivity contribution in [2.45, 2.75) is 19.3 Å². The number of anilines is 1. The monoisotopic (exact) mass is 427 g/mol. The number of amides is 2. The van der Waals surface area contributed by atoms with Gasteiger partial charge in [-0.3, -0.25) is 15.2 Å². The van der Waals surface area contributed by atoms with Crippen LogP contribution in [0.4, 0.5) is 28.2 Å². The number of hydrogen-bond donors (Lipinski definition) is 3. The largest absolute Gasteiger partial charge is 0.522 e. The molecule has 8 nitrogen and oxygen atoms in total. The lowest BCUT2D eigenvalue weighted by molar-refractivity contribution is -0.325. The average molecular weight is 427 g/mol. The van der Waals surface area contributed by atoms with Gasteiger partial charge in [-0.1, -0.05) is 12.1 Å². The first kappa shape index (κ1) is 21.3. The van der Waals surface area contributed by atoms with E-state index in [-0.39, 0.29) is 30.2 Å². The Morgan fingerprint density at radius 2 is 1.97 bits per heavy atom. The van der Waals surface area contributed by atoms with E-state index in [0.29, 0.717) is 10.9 Å². The highest BCUT2D eigenvalue weighted by atomic mass is 19.4. The van der Waals surface area contributed by atoms with Crippen LogP contribution < -0.4 is 15.4 Å². The van der Waals surface area contributed by atoms with Crippen molar-refractivity contribution in [2.24, 2.45) is 0 Å². The summed E-state index contributed by atoms with van der Waals surface area (Å²) < 4.78 is 57.6. The van der Waals surface area contributed by atoms with Crippen molar-refractivity contribution < 1.29 is 31.8 Å². The van der Waals surface area contributed by atoms with E-state index >= 15 is 0 Å². The maximum atomic E-state index is 13.0. The number of aromatic amines is 1. The molecule has 3 N–H and O–H groups in total. The molecular weight excluding hydrogens is 410 g/mol. The maximum absolute atomic E-state index is 13.0. The molecule has 0 fully saturated rings. The molecule has 0 saturated carbocycles. The quantitative estimate of drug-likeness (QED) is 0.392. The predicted octanol–water partition coefficient (Wildman–Crippen LogP) is 3.89. The molecule has 0 saturated heterocycles. The Bertz CT molecular complexity index is 1010. The molecular formula is C18H17F4N5O3. The van der Waals surface area contributed by atoms with Gasteiger partial charge in [-0.05, 0) is 24.6 Å². The number of aromatic nitrogens is 3. The Kier molecular flexibility index (Phi) is 6.35. The molecule has 0 aliphatic rings. The first-order valence-corrected chi connectivity index (χ1v) is 8.72. The zero-order valence-electron chi connectivity index (χ0n) is 15.6. The van der Waals surface area contributed by atoms with E-state index in [9.17, 15) is 22.4 Å². The van der Waals surface area contributed by atoms with Crippen molar-refractivity contribution in [1.29, 1.82) is 0 Å². The Labute approximate surface area is 167 Å². The van der Waals surface area contributed by atoms with Gasteiger partial charge in [0.25, 0.3) is 0 Å². The fourth-order valence-electron chi connectivity index (χ4n) is 2.55. The number of H-pyrrole nitrogens is 1. The van der Waals surface area contributed by atoms with Gasteiger partial charge in [0.2, 0.25) is 5.88 Å². The van der Waals surface area contributed by atoms with Crippen LogP contribution in [-0.4, -0.2) is 40.8 Å². The minimum absolute atomic E-state index is 0.0595. The number of carbonyl (C=O) groups is 1. The number of benzene rings is 1. The summed E-state index contributed by atoms with van der Waals surface area (Å²) in [7, 11) is 0. The molecule has 0 radical (unpaired) electrons. The number of nitrogens with one attached hydrogen (secondary N) is 3. The van der Waals surface area contributed by atoms with Crippen LogP contribution in [0.2, 0.25) is 0 Å². The highest BCUT2D eigenvalue weighted by Crippen LogP contribution is 2.24. The highest BCUT2D eigenvalue weighted by Gasteiger charge is 2.28. The first-order valence-electron chi connectivity index (χ1n) is 8.72. The summed E-state index contributed by atoms with van der Waals surface area (Å²) in [5, 5.41) is 12.2. The summed E-state index contributed by atoms with van der Waals surface area (Å²) in [6.07, 6.45) is -3.37. The van der Waals surface area contributed by atoms with Crippen LogP contribution in [0.3, 0.4) is 0 Å². The second-order valence-electron chi connectivity index (χ2n) is 6.16. The van der Waals surface area contributed by atoms with Crippen molar-refractivity contribution in [3.63, 3.8) is 0 Å². The number of rotatable bonds is 7. The Hall–Kier alpha value is -3.41. The van der Waals surface area contributed by atoms with Gasteiger partial charge < -0.3 is 10.1 Å². The fourth-order valence-corrected chi connectivity index (χ4v) is 2.55. The minimum atomic E-state index is -4.73. The van der Waals surface area contributed by atoms with Crippen LogP contribution in [0.25, 0.3) is 10.9 Å². The Morgan fingerprint density at radius 3 is 2.67 bits per heavy atom. The standard InChI is InChI=1S/C18H17F4N5O3/c1-10(11-2-4-12(19)5-3-11)24-17(28)25-15-8-14-13(9-23-15)16(27-26-14)29-6-7-30-18(20,21)22/h2-5,8-10H,6-7H2,1H3,(H,26,27)(H2,23,24,25,28). The van der Waals surface area contributed by atoms with Crippen LogP contribution in [0, 0.1) is 5.82 Å². The second-order valence-corrected chi connectivity index (χ2v) is 6.16. The smallest absolute Gasteiger partial charge is 0.474 e. The van der Waals surface area contributed by atoms with Crippen LogP contribution >= 0.6 is 0 Å². The van der Waals surface area contributed by atoms with Gasteiger partial charge in [-0.2, -0.15) is 0 Å². The lowest BCUT2D eigenvalue weighted by atomic mass is 10.1. The van der Waals surface area contributed by atoms with E-state index in [1.807, 2.05) is 0 Å². The van der Waals surface area contributed by atoms with Gasteiger partial charge in [-0.25, -0.2) is 14.2 Å². The normalized spacial score (nSPS) is 12.6. The molecule has 0 spiro atoms. The van der Waals surface area contributed by atoms with Crippen molar-refractivity contribution >= 4 is 22.8 Å². The van der Waals surface area contributed by atoms with Gasteiger partial charge >= 0.3 is 12.4 Å². The van der Waals surface area contributed by atoms with Crippen molar-refractivity contribution in [1.82, 2.24) is 20.5 Å². The topological polar surface area (TPSA) is 101 Å². The number of pyridine rings is 1. The Balaban J connectivity index is 1.56. The summed E-state index contributed by atoms with van der Waals surface area (Å²) >= 11 is 0. The van der Waals surface area contributed by atoms with E-state index in [1.165, 1.54) is 24.4 Å². The average Bonchev–Trinajstić information content (AvgIpc) is 3.07. The highest BCUT2D eigenvalue weighted by molar-refractivity contribution is 5.92. The van der Waals surface area contributed by atoms with E-state index in [0.717, 1.165) is 5.56 Å². The van der Waals surface area contributed by atoms with Gasteiger partial charge in [0.05, 0.1) is 23.6 Å². The lowest BCUT2D eigenvalue weighted by Gasteiger charge is -2.14. The lowest BCUT2D eigenvalue weighted by Crippen LogP contribution is -2.31. The number of carbonyl (C=O) groups excluding carboxylic acids is 1. The van der Waals surface area contributed by atoms with E-state index in [1.54, 1.807) is 19.1 Å². The molecule has 160 valence electrons. The van der Waals surface area contributed by atoms with Crippen LogP contribution in [0.1, 0.15) is 18.5 Å². The van der Waals surface area contributed by atoms with Crippen molar-refractivity contribution in [3.05, 3.63) is 47.9 Å². The molecule has 1 aromatic carbocycles. The Morgan fingerprint density at radius 1 is 1.23 bits per heavy atom. The third-order valence-electron chi connectivity index (χ3n) is 3.96. The number of halogens is 4. The minimum Gasteiger partial charge on any atom is -0.474 e. The number of nitrogens with zero attached hydrogens (tertiary/aromatic N) is 2. The summed E-state index contributed by atoms with van der Waals surface area (Å²) in [5.41, 5.74) is 1.18. The number of urea groups is 1. The maximum Gasteiger partial charge on any atom is 0.522 e. The van der Waals surface area contributed by atoms with Gasteiger partial charge in [0.15, 0.2) is 0 Å². The third kappa shape index (κ3) is 5.80. The fraction of sp³-hybridized carbons (Fsp3) is 0.278. The zero-order chi connectivity index (χ0) is 21.7. The number of alkyl halides is 3. The molecule has 2 heterocycles. The molecule has 0 aliphatic carbocycles. The summed E-state index contributed by atoms with van der Waals surface area (Å²) in [6, 6.07) is 6.32. The zero-order valence-corrected chi connectivity index (χ0v) is 15.6. The van der Waals surface area contributed by atoms with Gasteiger partial charge in [-0.15, -0.1) is 18.3 Å². The predicted molar refractivity (Wildman–Crippen MR) is 98.4 cm³/mol. The van der Waals surface area contributed by atoms with Gasteiger partial charge in [0.1, 0.15) is 18.2 Å². The van der Waals surface area contributed by atoms with Crippen LogP contribution in [0.5, 0.6) is 5.88 Å². The number of ether oxygens (including phenoxy) is 2. The number of fused-ring (bicyclic) bond motifs is 1. The number of hydrogen-bond acceptors (Lipinski definition) is 5. The first-order chi connectivity index (χ1) is 14.2. The van der Waals surface area contributed by atoms with Gasteiger partial charge in [0, 0.05) is 12.3 Å². The van der Waals surface area contributed by atoms with Crippen LogP contribution in [0.15, 0.2) is 36.5 Å². The van der Waals surface area contributed by atoms with E-state index < -0.39 is 19.0 Å². The van der Waals surface area contributed by atoms with Crippen molar-refractivity contribution in [3.8, 4) is 5.88 Å². The molecule has 12 heteroatoms. The summed E-state index contributed by atoms with van der Waals surface area (Å²) in [6.45, 7) is 0.699.